The SMILES string of the molecule is CC1(C)OB(C(B2OC(C)(C)C(C)(C)O2)[C@H](CCCO[Si](C)(C)C(C)(C)C)B2OC(C)(C)C(C)(C)O2)OC1(C)C. The van der Waals surface area contributed by atoms with E-state index in [-0.39, 0.29) is 16.6 Å². The van der Waals surface area contributed by atoms with Gasteiger partial charge in [-0.25, -0.2) is 0 Å². The maximum Gasteiger partial charge on any atom is 0.460 e. The maximum absolute atomic E-state index is 6.71. The van der Waals surface area contributed by atoms with Crippen molar-refractivity contribution in [1.29, 1.82) is 0 Å². The van der Waals surface area contributed by atoms with Gasteiger partial charge in [0, 0.05) is 12.3 Å². The summed E-state index contributed by atoms with van der Waals surface area (Å²) in [5, 5.41) is 0.159. The number of hydrogen-bond acceptors (Lipinski definition) is 7. The Morgan fingerprint density at radius 1 is 0.575 bits per heavy atom. The smallest absolute Gasteiger partial charge is 0.417 e. The third-order valence-corrected chi connectivity index (χ3v) is 15.8. The van der Waals surface area contributed by atoms with Gasteiger partial charge in [0.1, 0.15) is 0 Å². The van der Waals surface area contributed by atoms with Gasteiger partial charge in [-0.05, 0) is 113 Å². The van der Waals surface area contributed by atoms with Crippen molar-refractivity contribution in [2.45, 2.75) is 180 Å². The highest BCUT2D eigenvalue weighted by molar-refractivity contribution is 6.74. The normalized spacial score (nSPS) is 27.6. The molecule has 7 nitrogen and oxygen atoms in total. The molecule has 0 aliphatic carbocycles. The third-order valence-electron chi connectivity index (χ3n) is 11.2. The Hall–Kier alpha value is 0.132. The lowest BCUT2D eigenvalue weighted by Gasteiger charge is -2.36. The van der Waals surface area contributed by atoms with E-state index in [1.807, 2.05) is 0 Å². The molecule has 0 unspecified atom stereocenters. The standard InChI is InChI=1S/C29H59B3O7Si/c1-23(2,3)40(16,17)33-20-18-19-21(30-34-24(4,5)25(6,7)35-30)22(31-36-26(8,9)27(10,11)37-31)32-38-28(12,13)29(14,15)39-32/h21-22H,18-20H2,1-17H3/t21-/m0/s1. The zero-order valence-corrected chi connectivity index (χ0v) is 29.9. The van der Waals surface area contributed by atoms with E-state index in [4.69, 9.17) is 32.4 Å². The molecule has 11 heteroatoms. The van der Waals surface area contributed by atoms with Crippen LogP contribution in [-0.2, 0) is 32.4 Å². The van der Waals surface area contributed by atoms with Crippen molar-refractivity contribution in [3.05, 3.63) is 0 Å². The minimum Gasteiger partial charge on any atom is -0.417 e. The summed E-state index contributed by atoms with van der Waals surface area (Å²) < 4.78 is 46.8. The highest BCUT2D eigenvalue weighted by Gasteiger charge is 2.66. The molecule has 0 aromatic carbocycles. The fraction of sp³-hybridized carbons (Fsp3) is 1.00. The van der Waals surface area contributed by atoms with E-state index < -0.39 is 63.3 Å². The van der Waals surface area contributed by atoms with Crippen molar-refractivity contribution in [1.82, 2.24) is 0 Å². The molecule has 3 heterocycles. The minimum atomic E-state index is -1.87. The maximum atomic E-state index is 6.71. The summed E-state index contributed by atoms with van der Waals surface area (Å²) in [5.74, 6) is -0.117. The Balaban J connectivity index is 1.98. The lowest BCUT2D eigenvalue weighted by molar-refractivity contribution is 0.00578. The van der Waals surface area contributed by atoms with Gasteiger partial charge in [0.05, 0.1) is 33.6 Å². The number of rotatable bonds is 9. The first-order chi connectivity index (χ1) is 17.7. The fourth-order valence-corrected chi connectivity index (χ4v) is 6.15. The monoisotopic (exact) mass is 580 g/mol. The second-order valence-corrected chi connectivity index (χ2v) is 21.7. The van der Waals surface area contributed by atoms with Gasteiger partial charge in [-0.3, -0.25) is 0 Å². The van der Waals surface area contributed by atoms with Crippen molar-refractivity contribution in [3.8, 4) is 0 Å². The molecule has 0 spiro atoms. The van der Waals surface area contributed by atoms with Crippen LogP contribution in [-0.4, -0.2) is 69.9 Å². The largest absolute Gasteiger partial charge is 0.460 e. The molecule has 1 atom stereocenters. The van der Waals surface area contributed by atoms with E-state index in [0.717, 1.165) is 12.8 Å². The van der Waals surface area contributed by atoms with Crippen LogP contribution in [0.5, 0.6) is 0 Å². The van der Waals surface area contributed by atoms with E-state index in [0.29, 0.717) is 6.61 Å². The highest BCUT2D eigenvalue weighted by Crippen LogP contribution is 2.53. The Bertz CT molecular complexity index is 830. The average Bonchev–Trinajstić information content (AvgIpc) is 3.17. The molecule has 3 saturated heterocycles. The Labute approximate surface area is 248 Å². The lowest BCUT2D eigenvalue weighted by Crippen LogP contribution is -2.46. The van der Waals surface area contributed by atoms with Gasteiger partial charge in [0.2, 0.25) is 0 Å². The molecule has 230 valence electrons. The molecule has 3 rings (SSSR count). The quantitative estimate of drug-likeness (QED) is 0.209. The van der Waals surface area contributed by atoms with E-state index in [9.17, 15) is 0 Å². The zero-order valence-electron chi connectivity index (χ0n) is 28.9. The summed E-state index contributed by atoms with van der Waals surface area (Å²) in [7, 11) is -3.44. The topological polar surface area (TPSA) is 64.6 Å². The van der Waals surface area contributed by atoms with Gasteiger partial charge in [0.15, 0.2) is 8.32 Å². The summed E-state index contributed by atoms with van der Waals surface area (Å²) in [6.45, 7) is 37.2. The summed E-state index contributed by atoms with van der Waals surface area (Å²) >= 11 is 0. The van der Waals surface area contributed by atoms with Gasteiger partial charge in [-0.1, -0.05) is 27.2 Å². The molecule has 3 aliphatic rings. The van der Waals surface area contributed by atoms with Crippen LogP contribution in [0.4, 0.5) is 0 Å². The van der Waals surface area contributed by atoms with Crippen LogP contribution in [0.3, 0.4) is 0 Å². The van der Waals surface area contributed by atoms with E-state index >= 15 is 0 Å². The van der Waals surface area contributed by atoms with E-state index in [2.05, 4.69) is 117 Å². The molecule has 0 saturated carbocycles. The van der Waals surface area contributed by atoms with Crippen LogP contribution in [0.2, 0.25) is 29.7 Å². The summed E-state index contributed by atoms with van der Waals surface area (Å²) in [6.07, 6.45) is 1.65. The van der Waals surface area contributed by atoms with Gasteiger partial charge < -0.3 is 32.4 Å². The minimum absolute atomic E-state index is 0.117. The van der Waals surface area contributed by atoms with Crippen molar-refractivity contribution in [2.24, 2.45) is 0 Å². The molecule has 0 N–H and O–H groups in total. The van der Waals surface area contributed by atoms with Crippen LogP contribution < -0.4 is 0 Å². The van der Waals surface area contributed by atoms with Gasteiger partial charge in [-0.15, -0.1) is 0 Å². The second kappa shape index (κ2) is 10.6. The van der Waals surface area contributed by atoms with Gasteiger partial charge in [0.25, 0.3) is 0 Å². The zero-order chi connectivity index (χ0) is 31.0. The molecule has 0 aromatic heterocycles. The Kier molecular flexibility index (Phi) is 9.21. The van der Waals surface area contributed by atoms with Crippen LogP contribution in [0.15, 0.2) is 0 Å². The van der Waals surface area contributed by atoms with Gasteiger partial charge in [-0.2, -0.15) is 0 Å². The first-order valence-electron chi connectivity index (χ1n) is 15.4. The highest BCUT2D eigenvalue weighted by atomic mass is 28.4. The predicted octanol–water partition coefficient (Wildman–Crippen LogP) is 7.34. The molecule has 3 fully saturated rings. The van der Waals surface area contributed by atoms with Crippen LogP contribution >= 0.6 is 0 Å². The summed E-state index contributed by atoms with van der Waals surface area (Å²) in [4.78, 5) is 0. The van der Waals surface area contributed by atoms with E-state index in [1.54, 1.807) is 0 Å². The van der Waals surface area contributed by atoms with Crippen molar-refractivity contribution < 1.29 is 32.4 Å². The molecule has 3 aliphatic heterocycles. The second-order valence-electron chi connectivity index (χ2n) is 16.9. The first-order valence-corrected chi connectivity index (χ1v) is 18.3. The fourth-order valence-electron chi connectivity index (χ4n) is 5.06. The molecular formula is C29H59B3O7Si. The third kappa shape index (κ3) is 6.47. The molecule has 0 aromatic rings. The van der Waals surface area contributed by atoms with Crippen LogP contribution in [0, 0.1) is 0 Å². The van der Waals surface area contributed by atoms with Crippen molar-refractivity contribution in [3.63, 3.8) is 0 Å². The molecule has 0 amide bonds. The van der Waals surface area contributed by atoms with E-state index in [1.165, 1.54) is 0 Å². The predicted molar refractivity (Wildman–Crippen MR) is 168 cm³/mol. The van der Waals surface area contributed by atoms with Crippen molar-refractivity contribution in [2.75, 3.05) is 6.61 Å². The number of hydrogen-bond donors (Lipinski definition) is 0. The summed E-state index contributed by atoms with van der Waals surface area (Å²) in [6, 6.07) is 0. The lowest BCUT2D eigenvalue weighted by atomic mass is 9.39. The average molecular weight is 580 g/mol. The Morgan fingerprint density at radius 2 is 0.875 bits per heavy atom. The Morgan fingerprint density at radius 3 is 1.18 bits per heavy atom. The van der Waals surface area contributed by atoms with Crippen molar-refractivity contribution >= 4 is 29.7 Å². The van der Waals surface area contributed by atoms with Crippen LogP contribution in [0.25, 0.3) is 0 Å². The summed E-state index contributed by atoms with van der Waals surface area (Å²) in [5.41, 5.74) is -3.20. The molecule has 0 bridgehead atoms. The van der Waals surface area contributed by atoms with Crippen LogP contribution in [0.1, 0.15) is 117 Å². The molecule has 40 heavy (non-hydrogen) atoms. The molecular weight excluding hydrogens is 521 g/mol. The molecule has 0 radical (unpaired) electrons. The van der Waals surface area contributed by atoms with Gasteiger partial charge >= 0.3 is 21.4 Å². The first kappa shape index (κ1) is 34.6.